The third-order valence-electron chi connectivity index (χ3n) is 10.1. The zero-order valence-electron chi connectivity index (χ0n) is 32.4. The predicted molar refractivity (Wildman–Crippen MR) is 206 cm³/mol. The standard InChI is InChI=1S/C36H41F3N4O4.3C2H6/c37-36(38,39)32-6-2-3-29-30(32)4-1-5-31(29)35(47)43-17-13-27(14-18-43)26-7-9-28(10-8-26)34(46)42-15-11-25(12-16-42)23-40-19-21-41(22-20-40)24-33(44)45;3*1-2/h1-10,25,27H,11-24H2,(H,44,45);3*1-2H3. The number of carboxylic acids is 1. The molecule has 0 atom stereocenters. The van der Waals surface area contributed by atoms with Crippen molar-refractivity contribution in [3.63, 3.8) is 0 Å². The topological polar surface area (TPSA) is 84.4 Å². The summed E-state index contributed by atoms with van der Waals surface area (Å²) < 4.78 is 40.7. The number of carbonyl (C=O) groups excluding carboxylic acids is 2. The van der Waals surface area contributed by atoms with E-state index in [1.165, 1.54) is 18.2 Å². The van der Waals surface area contributed by atoms with Gasteiger partial charge in [-0.2, -0.15) is 13.2 Å². The molecular weight excluding hydrogens is 681 g/mol. The van der Waals surface area contributed by atoms with Gasteiger partial charge in [0.1, 0.15) is 0 Å². The summed E-state index contributed by atoms with van der Waals surface area (Å²) in [5.41, 5.74) is 1.34. The fourth-order valence-corrected chi connectivity index (χ4v) is 7.42. The van der Waals surface area contributed by atoms with Crippen LogP contribution in [0.4, 0.5) is 13.2 Å². The second-order valence-corrected chi connectivity index (χ2v) is 13.1. The molecule has 3 aliphatic heterocycles. The van der Waals surface area contributed by atoms with E-state index in [1.807, 2.05) is 75.6 Å². The Bertz CT molecular complexity index is 1590. The Balaban J connectivity index is 0.00000120. The number of amides is 2. The number of rotatable bonds is 7. The van der Waals surface area contributed by atoms with E-state index >= 15 is 0 Å². The van der Waals surface area contributed by atoms with Gasteiger partial charge in [-0.1, -0.05) is 77.9 Å². The Hall–Kier alpha value is -3.96. The zero-order chi connectivity index (χ0) is 39.1. The molecule has 3 aromatic carbocycles. The number of carbonyl (C=O) groups is 3. The largest absolute Gasteiger partial charge is 0.480 e. The SMILES string of the molecule is CC.CC.CC.O=C(O)CN1CCN(CC2CCN(C(=O)c3ccc(C4CCN(C(=O)c5cccc6c(C(F)(F)F)cccc56)CC4)cc3)CC2)CC1. The van der Waals surface area contributed by atoms with E-state index in [1.54, 1.807) is 17.0 Å². The quantitative estimate of drug-likeness (QED) is 0.262. The number of nitrogens with zero attached hydrogens (tertiary/aromatic N) is 4. The van der Waals surface area contributed by atoms with E-state index in [0.717, 1.165) is 83.1 Å². The summed E-state index contributed by atoms with van der Waals surface area (Å²) in [5, 5.41) is 9.35. The number of benzene rings is 3. The van der Waals surface area contributed by atoms with Crippen LogP contribution in [0, 0.1) is 5.92 Å². The van der Waals surface area contributed by atoms with Crippen LogP contribution in [-0.2, 0) is 11.0 Å². The Morgan fingerprint density at radius 2 is 1.15 bits per heavy atom. The predicted octanol–water partition coefficient (Wildman–Crippen LogP) is 8.51. The molecule has 0 unspecified atom stereocenters. The highest BCUT2D eigenvalue weighted by molar-refractivity contribution is 6.07. The Morgan fingerprint density at radius 3 is 1.72 bits per heavy atom. The number of hydrogen-bond acceptors (Lipinski definition) is 5. The normalized spacial score (nSPS) is 17.5. The lowest BCUT2D eigenvalue weighted by atomic mass is 9.88. The maximum atomic E-state index is 13.6. The highest BCUT2D eigenvalue weighted by Gasteiger charge is 2.33. The molecule has 0 spiro atoms. The Labute approximate surface area is 313 Å². The first-order valence-electron chi connectivity index (χ1n) is 19.5. The zero-order valence-corrected chi connectivity index (χ0v) is 32.4. The van der Waals surface area contributed by atoms with Crippen molar-refractivity contribution in [2.45, 2.75) is 79.3 Å². The molecule has 0 bridgehead atoms. The minimum absolute atomic E-state index is 0.0321. The molecule has 2 amide bonds. The van der Waals surface area contributed by atoms with Gasteiger partial charge < -0.3 is 19.8 Å². The molecule has 1 N–H and O–H groups in total. The molecule has 3 fully saturated rings. The average molecular weight is 741 g/mol. The molecule has 3 heterocycles. The number of aliphatic carboxylic acids is 1. The molecule has 0 aromatic heterocycles. The van der Waals surface area contributed by atoms with Gasteiger partial charge in [0.05, 0.1) is 12.1 Å². The van der Waals surface area contributed by atoms with Crippen molar-refractivity contribution < 1.29 is 32.7 Å². The van der Waals surface area contributed by atoms with Crippen molar-refractivity contribution >= 4 is 28.6 Å². The lowest BCUT2D eigenvalue weighted by Gasteiger charge is -2.38. The Morgan fingerprint density at radius 1 is 0.642 bits per heavy atom. The number of halogens is 3. The number of piperazine rings is 1. The number of likely N-dealkylation sites (tertiary alicyclic amines) is 2. The molecule has 0 saturated carbocycles. The monoisotopic (exact) mass is 740 g/mol. The second kappa shape index (κ2) is 21.1. The van der Waals surface area contributed by atoms with Gasteiger partial charge in [-0.3, -0.25) is 19.3 Å². The van der Waals surface area contributed by atoms with Crippen LogP contribution in [0.3, 0.4) is 0 Å². The number of hydrogen-bond donors (Lipinski definition) is 1. The van der Waals surface area contributed by atoms with Gasteiger partial charge in [0.25, 0.3) is 11.8 Å². The van der Waals surface area contributed by atoms with Crippen LogP contribution in [0.2, 0.25) is 0 Å². The Kier molecular flexibility index (Phi) is 17.3. The van der Waals surface area contributed by atoms with Crippen molar-refractivity contribution in [1.29, 1.82) is 0 Å². The molecular formula is C42H59F3N4O4. The first-order chi connectivity index (χ1) is 25.6. The van der Waals surface area contributed by atoms with Crippen molar-refractivity contribution in [3.8, 4) is 0 Å². The summed E-state index contributed by atoms with van der Waals surface area (Å²) in [6.45, 7) is 18.9. The van der Waals surface area contributed by atoms with Crippen molar-refractivity contribution in [2.75, 3.05) is 65.4 Å². The van der Waals surface area contributed by atoms with Gasteiger partial charge in [0, 0.05) is 70.0 Å². The smallest absolute Gasteiger partial charge is 0.417 e. The second-order valence-electron chi connectivity index (χ2n) is 13.1. The molecule has 0 aliphatic carbocycles. The van der Waals surface area contributed by atoms with Crippen molar-refractivity contribution in [1.82, 2.24) is 19.6 Å². The van der Waals surface area contributed by atoms with Crippen LogP contribution in [0.5, 0.6) is 0 Å². The lowest BCUT2D eigenvalue weighted by molar-refractivity contribution is -0.139. The number of piperidine rings is 2. The molecule has 3 saturated heterocycles. The maximum Gasteiger partial charge on any atom is 0.417 e. The summed E-state index contributed by atoms with van der Waals surface area (Å²) in [5.74, 6) is -0.231. The van der Waals surface area contributed by atoms with Gasteiger partial charge in [-0.25, -0.2) is 0 Å². The fraction of sp³-hybridized carbons (Fsp3) is 0.548. The van der Waals surface area contributed by atoms with Gasteiger partial charge in [-0.15, -0.1) is 0 Å². The molecule has 3 aliphatic rings. The maximum absolute atomic E-state index is 13.6. The van der Waals surface area contributed by atoms with Crippen molar-refractivity contribution in [3.05, 3.63) is 82.9 Å². The first-order valence-corrected chi connectivity index (χ1v) is 19.5. The van der Waals surface area contributed by atoms with E-state index in [9.17, 15) is 27.6 Å². The van der Waals surface area contributed by atoms with Gasteiger partial charge in [-0.05, 0) is 78.1 Å². The third kappa shape index (κ3) is 11.5. The summed E-state index contributed by atoms with van der Waals surface area (Å²) in [7, 11) is 0. The molecule has 0 radical (unpaired) electrons. The highest BCUT2D eigenvalue weighted by atomic mass is 19.4. The highest BCUT2D eigenvalue weighted by Crippen LogP contribution is 2.36. The van der Waals surface area contributed by atoms with Crippen LogP contribution < -0.4 is 0 Å². The number of fused-ring (bicyclic) bond motifs is 1. The first kappa shape index (κ1) is 43.4. The summed E-state index contributed by atoms with van der Waals surface area (Å²) >= 11 is 0. The van der Waals surface area contributed by atoms with Crippen LogP contribution in [-0.4, -0.2) is 108 Å². The van der Waals surface area contributed by atoms with Gasteiger partial charge >= 0.3 is 12.1 Å². The number of alkyl halides is 3. The van der Waals surface area contributed by atoms with E-state index in [-0.39, 0.29) is 35.2 Å². The van der Waals surface area contributed by atoms with Crippen molar-refractivity contribution in [2.24, 2.45) is 5.92 Å². The minimum atomic E-state index is -4.50. The van der Waals surface area contributed by atoms with Gasteiger partial charge in [0.2, 0.25) is 0 Å². The van der Waals surface area contributed by atoms with Gasteiger partial charge in [0.15, 0.2) is 0 Å². The summed E-state index contributed by atoms with van der Waals surface area (Å²) in [6, 6.07) is 16.3. The molecule has 11 heteroatoms. The minimum Gasteiger partial charge on any atom is -0.480 e. The van der Waals surface area contributed by atoms with Crippen LogP contribution in [0.15, 0.2) is 60.7 Å². The van der Waals surface area contributed by atoms with E-state index in [2.05, 4.69) is 4.90 Å². The van der Waals surface area contributed by atoms with Crippen LogP contribution >= 0.6 is 0 Å². The molecule has 6 rings (SSSR count). The molecule has 292 valence electrons. The average Bonchev–Trinajstić information content (AvgIpc) is 3.20. The summed E-state index contributed by atoms with van der Waals surface area (Å²) in [6.07, 6.45) is -1.11. The molecule has 53 heavy (non-hydrogen) atoms. The third-order valence-corrected chi connectivity index (χ3v) is 10.1. The molecule has 8 nitrogen and oxygen atoms in total. The molecule has 3 aromatic rings. The number of carboxylic acid groups (broad SMARTS) is 1. The van der Waals surface area contributed by atoms with E-state index < -0.39 is 17.7 Å². The van der Waals surface area contributed by atoms with E-state index in [0.29, 0.717) is 30.0 Å². The van der Waals surface area contributed by atoms with E-state index in [4.69, 9.17) is 5.11 Å². The van der Waals surface area contributed by atoms with Crippen LogP contribution in [0.25, 0.3) is 10.8 Å². The summed E-state index contributed by atoms with van der Waals surface area (Å²) in [4.78, 5) is 45.7. The lowest BCUT2D eigenvalue weighted by Crippen LogP contribution is -2.50. The van der Waals surface area contributed by atoms with Crippen LogP contribution in [0.1, 0.15) is 105 Å². The fourth-order valence-electron chi connectivity index (χ4n) is 7.42.